The molecule has 1 aromatic rings. The third-order valence-electron chi connectivity index (χ3n) is 3.74. The van der Waals surface area contributed by atoms with Crippen LogP contribution in [0.2, 0.25) is 0 Å². The SMILES string of the molecule is COCCNC(=O)N1CCN(Cc2ccccc2)[C@H](C#N)C1. The Morgan fingerprint density at radius 1 is 1.41 bits per heavy atom. The summed E-state index contributed by atoms with van der Waals surface area (Å²) in [6, 6.07) is 12.0. The summed E-state index contributed by atoms with van der Waals surface area (Å²) >= 11 is 0. The summed E-state index contributed by atoms with van der Waals surface area (Å²) in [6.45, 7) is 3.47. The molecule has 0 aromatic heterocycles. The van der Waals surface area contributed by atoms with Gasteiger partial charge in [0.15, 0.2) is 0 Å². The number of benzene rings is 1. The lowest BCUT2D eigenvalue weighted by molar-refractivity contribution is 0.107. The van der Waals surface area contributed by atoms with E-state index in [9.17, 15) is 10.1 Å². The first-order chi connectivity index (χ1) is 10.7. The van der Waals surface area contributed by atoms with Gasteiger partial charge in [-0.1, -0.05) is 30.3 Å². The summed E-state index contributed by atoms with van der Waals surface area (Å²) in [7, 11) is 1.60. The number of rotatable bonds is 5. The fraction of sp³-hybridized carbons (Fsp3) is 0.500. The molecule has 6 nitrogen and oxygen atoms in total. The van der Waals surface area contributed by atoms with E-state index in [1.165, 1.54) is 5.56 Å². The maximum absolute atomic E-state index is 12.0. The Morgan fingerprint density at radius 3 is 2.86 bits per heavy atom. The second-order valence-corrected chi connectivity index (χ2v) is 5.27. The lowest BCUT2D eigenvalue weighted by atomic mass is 10.1. The summed E-state index contributed by atoms with van der Waals surface area (Å²) in [4.78, 5) is 15.8. The maximum Gasteiger partial charge on any atom is 0.317 e. The van der Waals surface area contributed by atoms with Gasteiger partial charge in [-0.3, -0.25) is 4.90 Å². The Labute approximate surface area is 131 Å². The molecule has 0 saturated carbocycles. The van der Waals surface area contributed by atoms with Crippen molar-refractivity contribution in [3.63, 3.8) is 0 Å². The normalized spacial score (nSPS) is 18.7. The number of urea groups is 1. The molecule has 0 aliphatic carbocycles. The number of piperazine rings is 1. The predicted octanol–water partition coefficient (Wildman–Crippen LogP) is 1.05. The van der Waals surface area contributed by atoms with E-state index in [2.05, 4.69) is 28.4 Å². The van der Waals surface area contributed by atoms with Crippen LogP contribution in [0.5, 0.6) is 0 Å². The molecule has 2 rings (SSSR count). The van der Waals surface area contributed by atoms with Crippen LogP contribution in [-0.2, 0) is 11.3 Å². The number of carbonyl (C=O) groups is 1. The Balaban J connectivity index is 1.88. The molecule has 6 heteroatoms. The number of nitrogens with zero attached hydrogens (tertiary/aromatic N) is 3. The van der Waals surface area contributed by atoms with Gasteiger partial charge in [-0.2, -0.15) is 5.26 Å². The molecule has 1 N–H and O–H groups in total. The molecule has 1 atom stereocenters. The number of methoxy groups -OCH3 is 1. The topological polar surface area (TPSA) is 68.6 Å². The number of hydrogen-bond donors (Lipinski definition) is 1. The van der Waals surface area contributed by atoms with Crippen molar-refractivity contribution < 1.29 is 9.53 Å². The van der Waals surface area contributed by atoms with Crippen LogP contribution in [0.3, 0.4) is 0 Å². The highest BCUT2D eigenvalue weighted by atomic mass is 16.5. The molecule has 0 bridgehead atoms. The van der Waals surface area contributed by atoms with Gasteiger partial charge in [0.05, 0.1) is 19.2 Å². The Hall–Kier alpha value is -2.10. The van der Waals surface area contributed by atoms with E-state index in [0.717, 1.165) is 6.54 Å². The van der Waals surface area contributed by atoms with Crippen LogP contribution in [0.1, 0.15) is 5.56 Å². The van der Waals surface area contributed by atoms with Crippen LogP contribution in [-0.4, -0.2) is 61.8 Å². The largest absolute Gasteiger partial charge is 0.383 e. The molecule has 0 radical (unpaired) electrons. The lowest BCUT2D eigenvalue weighted by Gasteiger charge is -2.38. The maximum atomic E-state index is 12.0. The van der Waals surface area contributed by atoms with Gasteiger partial charge in [-0.25, -0.2) is 4.79 Å². The van der Waals surface area contributed by atoms with E-state index < -0.39 is 0 Å². The highest BCUT2D eigenvalue weighted by molar-refractivity contribution is 5.74. The van der Waals surface area contributed by atoms with Crippen molar-refractivity contribution in [3.8, 4) is 6.07 Å². The van der Waals surface area contributed by atoms with E-state index in [1.54, 1.807) is 12.0 Å². The average molecular weight is 302 g/mol. The summed E-state index contributed by atoms with van der Waals surface area (Å²) < 4.78 is 4.91. The van der Waals surface area contributed by atoms with Crippen LogP contribution in [0.15, 0.2) is 30.3 Å². The van der Waals surface area contributed by atoms with Gasteiger partial charge >= 0.3 is 6.03 Å². The number of carbonyl (C=O) groups excluding carboxylic acids is 1. The minimum atomic E-state index is -0.276. The molecule has 1 fully saturated rings. The zero-order chi connectivity index (χ0) is 15.8. The van der Waals surface area contributed by atoms with E-state index in [4.69, 9.17) is 4.74 Å². The molecule has 2 amide bonds. The molecule has 1 aromatic carbocycles. The fourth-order valence-corrected chi connectivity index (χ4v) is 2.51. The standard InChI is InChI=1S/C16H22N4O2/c1-22-10-7-18-16(21)20-9-8-19(15(11-17)13-20)12-14-5-3-2-4-6-14/h2-6,15H,7-10,12-13H2,1H3,(H,18,21)/t15-/m1/s1. The van der Waals surface area contributed by atoms with Crippen molar-refractivity contribution in [2.45, 2.75) is 12.6 Å². The fourth-order valence-electron chi connectivity index (χ4n) is 2.51. The minimum Gasteiger partial charge on any atom is -0.383 e. The van der Waals surface area contributed by atoms with Crippen LogP contribution in [0.25, 0.3) is 0 Å². The molecular weight excluding hydrogens is 280 g/mol. The number of nitriles is 1. The zero-order valence-corrected chi connectivity index (χ0v) is 12.9. The Morgan fingerprint density at radius 2 is 2.18 bits per heavy atom. The van der Waals surface area contributed by atoms with Gasteiger partial charge in [0, 0.05) is 33.3 Å². The third kappa shape index (κ3) is 4.45. The molecule has 0 unspecified atom stereocenters. The van der Waals surface area contributed by atoms with Gasteiger partial charge < -0.3 is 15.0 Å². The number of nitrogens with one attached hydrogen (secondary N) is 1. The summed E-state index contributed by atoms with van der Waals surface area (Å²) in [5.74, 6) is 0. The van der Waals surface area contributed by atoms with Crippen LogP contribution in [0.4, 0.5) is 4.79 Å². The average Bonchev–Trinajstić information content (AvgIpc) is 2.56. The van der Waals surface area contributed by atoms with Crippen LogP contribution >= 0.6 is 0 Å². The molecule has 1 saturated heterocycles. The Bertz CT molecular complexity index is 515. The molecule has 22 heavy (non-hydrogen) atoms. The predicted molar refractivity (Wildman–Crippen MR) is 83.1 cm³/mol. The van der Waals surface area contributed by atoms with E-state index in [0.29, 0.717) is 32.8 Å². The van der Waals surface area contributed by atoms with Gasteiger partial charge in [-0.05, 0) is 5.56 Å². The van der Waals surface area contributed by atoms with Gasteiger partial charge in [0.2, 0.25) is 0 Å². The molecule has 1 aliphatic heterocycles. The van der Waals surface area contributed by atoms with Crippen LogP contribution < -0.4 is 5.32 Å². The highest BCUT2D eigenvalue weighted by Gasteiger charge is 2.29. The lowest BCUT2D eigenvalue weighted by Crippen LogP contribution is -2.56. The summed E-state index contributed by atoms with van der Waals surface area (Å²) in [6.07, 6.45) is 0. The van der Waals surface area contributed by atoms with Crippen molar-refractivity contribution in [1.29, 1.82) is 5.26 Å². The monoisotopic (exact) mass is 302 g/mol. The van der Waals surface area contributed by atoms with E-state index >= 15 is 0 Å². The second-order valence-electron chi connectivity index (χ2n) is 5.27. The molecule has 118 valence electrons. The number of hydrogen-bond acceptors (Lipinski definition) is 4. The van der Waals surface area contributed by atoms with Gasteiger partial charge in [0.25, 0.3) is 0 Å². The first kappa shape index (κ1) is 16.3. The first-order valence-corrected chi connectivity index (χ1v) is 7.44. The van der Waals surface area contributed by atoms with Gasteiger partial charge in [0.1, 0.15) is 6.04 Å². The molecule has 1 heterocycles. The summed E-state index contributed by atoms with van der Waals surface area (Å²) in [5.41, 5.74) is 1.18. The Kier molecular flexibility index (Phi) is 6.19. The van der Waals surface area contributed by atoms with Crippen molar-refractivity contribution in [1.82, 2.24) is 15.1 Å². The van der Waals surface area contributed by atoms with Gasteiger partial charge in [-0.15, -0.1) is 0 Å². The van der Waals surface area contributed by atoms with Crippen LogP contribution in [0, 0.1) is 11.3 Å². The van der Waals surface area contributed by atoms with Crippen molar-refractivity contribution >= 4 is 6.03 Å². The quantitative estimate of drug-likeness (QED) is 0.826. The molecule has 1 aliphatic rings. The van der Waals surface area contributed by atoms with E-state index in [1.807, 2.05) is 18.2 Å². The summed E-state index contributed by atoms with van der Waals surface area (Å²) in [5, 5.41) is 12.2. The second kappa shape index (κ2) is 8.37. The molecular formula is C16H22N4O2. The third-order valence-corrected chi connectivity index (χ3v) is 3.74. The van der Waals surface area contributed by atoms with Crippen molar-refractivity contribution in [2.75, 3.05) is 39.9 Å². The van der Waals surface area contributed by atoms with Crippen molar-refractivity contribution in [3.05, 3.63) is 35.9 Å². The molecule has 0 spiro atoms. The zero-order valence-electron chi connectivity index (χ0n) is 12.9. The number of amides is 2. The first-order valence-electron chi connectivity index (χ1n) is 7.44. The minimum absolute atomic E-state index is 0.128. The highest BCUT2D eigenvalue weighted by Crippen LogP contribution is 2.13. The van der Waals surface area contributed by atoms with E-state index in [-0.39, 0.29) is 12.1 Å². The van der Waals surface area contributed by atoms with Crippen molar-refractivity contribution in [2.24, 2.45) is 0 Å². The smallest absolute Gasteiger partial charge is 0.317 e. The number of ether oxygens (including phenoxy) is 1.